The summed E-state index contributed by atoms with van der Waals surface area (Å²) in [6.07, 6.45) is 0. The summed E-state index contributed by atoms with van der Waals surface area (Å²) in [6, 6.07) is 13.9. The van der Waals surface area contributed by atoms with E-state index in [2.05, 4.69) is 0 Å². The second-order valence-corrected chi connectivity index (χ2v) is 5.75. The van der Waals surface area contributed by atoms with Crippen LogP contribution in [0.1, 0.15) is 31.0 Å². The van der Waals surface area contributed by atoms with Crippen molar-refractivity contribution < 1.29 is 9.66 Å². The molecule has 116 valence electrons. The van der Waals surface area contributed by atoms with Gasteiger partial charge in [0.05, 0.1) is 12.0 Å². The Morgan fingerprint density at radius 1 is 1.18 bits per heavy atom. The molecular formula is C17H20N2O3. The van der Waals surface area contributed by atoms with E-state index in [9.17, 15) is 10.1 Å². The highest BCUT2D eigenvalue weighted by Gasteiger charge is 2.32. The minimum absolute atomic E-state index is 0.00936. The molecule has 0 saturated heterocycles. The van der Waals surface area contributed by atoms with Crippen LogP contribution in [0, 0.1) is 10.1 Å². The van der Waals surface area contributed by atoms with Crippen molar-refractivity contribution in [2.75, 3.05) is 7.11 Å². The Labute approximate surface area is 129 Å². The molecule has 0 spiro atoms. The number of benzene rings is 2. The molecule has 5 heteroatoms. The van der Waals surface area contributed by atoms with Crippen LogP contribution in [0.5, 0.6) is 5.75 Å². The van der Waals surface area contributed by atoms with Gasteiger partial charge in [-0.3, -0.25) is 10.1 Å². The zero-order valence-corrected chi connectivity index (χ0v) is 12.9. The van der Waals surface area contributed by atoms with Gasteiger partial charge in [-0.1, -0.05) is 44.2 Å². The third-order valence-corrected chi connectivity index (χ3v) is 4.05. The molecular weight excluding hydrogens is 280 g/mol. The summed E-state index contributed by atoms with van der Waals surface area (Å²) in [7, 11) is 1.53. The summed E-state index contributed by atoms with van der Waals surface area (Å²) in [5.74, 6) is 0.558. The lowest BCUT2D eigenvalue weighted by molar-refractivity contribution is -0.385. The van der Waals surface area contributed by atoms with E-state index >= 15 is 0 Å². The molecule has 2 rings (SSSR count). The number of non-ortho nitro benzene ring substituents is 1. The lowest BCUT2D eigenvalue weighted by Crippen LogP contribution is -2.33. The summed E-state index contributed by atoms with van der Waals surface area (Å²) in [5, 5.41) is 11.0. The van der Waals surface area contributed by atoms with Crippen molar-refractivity contribution in [3.63, 3.8) is 0 Å². The smallest absolute Gasteiger partial charge is 0.270 e. The van der Waals surface area contributed by atoms with E-state index in [1.807, 2.05) is 44.2 Å². The molecule has 0 aliphatic heterocycles. The van der Waals surface area contributed by atoms with Gasteiger partial charge in [-0.25, -0.2) is 0 Å². The van der Waals surface area contributed by atoms with Crippen LogP contribution in [-0.2, 0) is 5.41 Å². The maximum absolute atomic E-state index is 11.0. The van der Waals surface area contributed by atoms with Gasteiger partial charge in [0.15, 0.2) is 0 Å². The molecule has 0 aromatic heterocycles. The number of hydrogen-bond acceptors (Lipinski definition) is 4. The first kappa shape index (κ1) is 16.0. The van der Waals surface area contributed by atoms with E-state index < -0.39 is 16.4 Å². The van der Waals surface area contributed by atoms with E-state index in [-0.39, 0.29) is 5.69 Å². The summed E-state index contributed by atoms with van der Waals surface area (Å²) >= 11 is 0. The minimum Gasteiger partial charge on any atom is -0.496 e. The highest BCUT2D eigenvalue weighted by Crippen LogP contribution is 2.39. The Morgan fingerprint density at radius 3 is 2.36 bits per heavy atom. The summed E-state index contributed by atoms with van der Waals surface area (Å²) in [6.45, 7) is 4.04. The molecule has 0 saturated carbocycles. The average molecular weight is 300 g/mol. The lowest BCUT2D eigenvalue weighted by atomic mass is 9.75. The molecule has 0 radical (unpaired) electrons. The molecule has 5 nitrogen and oxygen atoms in total. The first-order valence-corrected chi connectivity index (χ1v) is 7.01. The maximum Gasteiger partial charge on any atom is 0.270 e. The minimum atomic E-state index is -0.440. The van der Waals surface area contributed by atoms with Gasteiger partial charge in [-0.05, 0) is 11.6 Å². The van der Waals surface area contributed by atoms with Crippen LogP contribution in [0.15, 0.2) is 48.5 Å². The van der Waals surface area contributed by atoms with E-state index in [1.165, 1.54) is 19.2 Å². The second kappa shape index (κ2) is 6.15. The van der Waals surface area contributed by atoms with Crippen molar-refractivity contribution in [3.8, 4) is 5.75 Å². The van der Waals surface area contributed by atoms with Crippen LogP contribution in [0.25, 0.3) is 0 Å². The molecule has 0 amide bonds. The van der Waals surface area contributed by atoms with Crippen molar-refractivity contribution in [2.24, 2.45) is 5.73 Å². The Bertz CT molecular complexity index is 669. The van der Waals surface area contributed by atoms with Gasteiger partial charge < -0.3 is 10.5 Å². The van der Waals surface area contributed by atoms with Crippen LogP contribution in [0.3, 0.4) is 0 Å². The van der Waals surface area contributed by atoms with E-state index in [0.29, 0.717) is 11.3 Å². The van der Waals surface area contributed by atoms with E-state index in [0.717, 1.165) is 5.56 Å². The van der Waals surface area contributed by atoms with Crippen molar-refractivity contribution in [1.82, 2.24) is 0 Å². The zero-order valence-electron chi connectivity index (χ0n) is 12.9. The van der Waals surface area contributed by atoms with Crippen molar-refractivity contribution >= 4 is 5.69 Å². The van der Waals surface area contributed by atoms with Crippen molar-refractivity contribution in [2.45, 2.75) is 25.3 Å². The predicted octanol–water partition coefficient (Wildman–Crippen LogP) is 3.58. The van der Waals surface area contributed by atoms with Crippen molar-refractivity contribution in [3.05, 3.63) is 69.8 Å². The summed E-state index contributed by atoms with van der Waals surface area (Å²) in [4.78, 5) is 10.6. The fourth-order valence-corrected chi connectivity index (χ4v) is 2.51. The molecule has 0 bridgehead atoms. The Morgan fingerprint density at radius 2 is 1.82 bits per heavy atom. The van der Waals surface area contributed by atoms with Crippen LogP contribution in [-0.4, -0.2) is 12.0 Å². The molecule has 0 heterocycles. The van der Waals surface area contributed by atoms with Crippen LogP contribution in [0.2, 0.25) is 0 Å². The molecule has 0 aliphatic carbocycles. The largest absolute Gasteiger partial charge is 0.496 e. The maximum atomic E-state index is 11.0. The fraction of sp³-hybridized carbons (Fsp3) is 0.294. The fourth-order valence-electron chi connectivity index (χ4n) is 2.51. The monoisotopic (exact) mass is 300 g/mol. The first-order valence-electron chi connectivity index (χ1n) is 7.01. The second-order valence-electron chi connectivity index (χ2n) is 5.75. The van der Waals surface area contributed by atoms with Gasteiger partial charge in [0.1, 0.15) is 5.75 Å². The van der Waals surface area contributed by atoms with Crippen LogP contribution in [0.4, 0.5) is 5.69 Å². The van der Waals surface area contributed by atoms with Gasteiger partial charge in [0.25, 0.3) is 5.69 Å². The number of methoxy groups -OCH3 is 1. The van der Waals surface area contributed by atoms with Gasteiger partial charge in [0, 0.05) is 29.2 Å². The normalized spacial score (nSPS) is 12.7. The topological polar surface area (TPSA) is 78.4 Å². The number of nitro benzene ring substituents is 1. The third kappa shape index (κ3) is 2.94. The number of hydrogen-bond donors (Lipinski definition) is 1. The van der Waals surface area contributed by atoms with E-state index in [1.54, 1.807) is 6.07 Å². The molecule has 1 atom stereocenters. The highest BCUT2D eigenvalue weighted by molar-refractivity contribution is 5.47. The molecule has 0 aliphatic rings. The number of nitrogens with two attached hydrogens (primary N) is 1. The molecule has 0 fully saturated rings. The number of nitrogens with zero attached hydrogens (tertiary/aromatic N) is 1. The van der Waals surface area contributed by atoms with Gasteiger partial charge in [-0.15, -0.1) is 0 Å². The Balaban J connectivity index is 2.50. The summed E-state index contributed by atoms with van der Waals surface area (Å²) in [5.41, 5.74) is 7.75. The zero-order chi connectivity index (χ0) is 16.3. The average Bonchev–Trinajstić information content (AvgIpc) is 2.54. The molecule has 22 heavy (non-hydrogen) atoms. The number of nitro groups is 1. The Hall–Kier alpha value is -2.40. The molecule has 1 unspecified atom stereocenters. The Kier molecular flexibility index (Phi) is 4.47. The predicted molar refractivity (Wildman–Crippen MR) is 86.0 cm³/mol. The third-order valence-electron chi connectivity index (χ3n) is 4.05. The number of ether oxygens (including phenoxy) is 1. The molecule has 2 N–H and O–H groups in total. The standard InChI is InChI=1S/C17H20N2O3/c1-17(2,12-7-5-4-6-8-12)16(18)14-11-13(19(20)21)9-10-15(14)22-3/h4-11,16H,18H2,1-3H3. The highest BCUT2D eigenvalue weighted by atomic mass is 16.6. The summed E-state index contributed by atoms with van der Waals surface area (Å²) < 4.78 is 5.33. The van der Waals surface area contributed by atoms with Crippen LogP contribution >= 0.6 is 0 Å². The first-order chi connectivity index (χ1) is 10.4. The van der Waals surface area contributed by atoms with Gasteiger partial charge in [-0.2, -0.15) is 0 Å². The molecule has 2 aromatic carbocycles. The SMILES string of the molecule is COc1ccc([N+](=O)[O-])cc1C(N)C(C)(C)c1ccccc1. The quantitative estimate of drug-likeness (QED) is 0.676. The van der Waals surface area contributed by atoms with E-state index in [4.69, 9.17) is 10.5 Å². The van der Waals surface area contributed by atoms with Gasteiger partial charge >= 0.3 is 0 Å². The number of rotatable bonds is 5. The molecule has 2 aromatic rings. The van der Waals surface area contributed by atoms with Crippen molar-refractivity contribution in [1.29, 1.82) is 0 Å². The van der Waals surface area contributed by atoms with Gasteiger partial charge in [0.2, 0.25) is 0 Å². The lowest BCUT2D eigenvalue weighted by Gasteiger charge is -2.33. The van der Waals surface area contributed by atoms with Crippen LogP contribution < -0.4 is 10.5 Å².